The average Bonchev–Trinajstić information content (AvgIpc) is 3.01. The van der Waals surface area contributed by atoms with Crippen LogP contribution in [0.25, 0.3) is 0 Å². The number of aromatic nitrogens is 1. The van der Waals surface area contributed by atoms with Gasteiger partial charge in [0.05, 0.1) is 7.11 Å². The summed E-state index contributed by atoms with van der Waals surface area (Å²) >= 11 is 0. The van der Waals surface area contributed by atoms with Gasteiger partial charge in [0, 0.05) is 32.3 Å². The molecule has 1 saturated heterocycles. The van der Waals surface area contributed by atoms with E-state index in [0.29, 0.717) is 18.5 Å². The maximum atomic E-state index is 12.0. The summed E-state index contributed by atoms with van der Waals surface area (Å²) in [6.45, 7) is 2.00. The Morgan fingerprint density at radius 3 is 2.85 bits per heavy atom. The van der Waals surface area contributed by atoms with Gasteiger partial charge in [0.1, 0.15) is 5.56 Å². The highest BCUT2D eigenvalue weighted by Crippen LogP contribution is 2.13. The Morgan fingerprint density at radius 2 is 2.15 bits per heavy atom. The summed E-state index contributed by atoms with van der Waals surface area (Å²) in [7, 11) is 1.47. The fraction of sp³-hybridized carbons (Fsp3) is 0.500. The van der Waals surface area contributed by atoms with Crippen molar-refractivity contribution in [2.24, 2.45) is 0 Å². The zero-order valence-corrected chi connectivity index (χ0v) is 11.6. The first kappa shape index (κ1) is 14.3. The van der Waals surface area contributed by atoms with Gasteiger partial charge in [-0.1, -0.05) is 0 Å². The van der Waals surface area contributed by atoms with Gasteiger partial charge >= 0.3 is 0 Å². The zero-order valence-electron chi connectivity index (χ0n) is 11.6. The van der Waals surface area contributed by atoms with Crippen LogP contribution in [0, 0.1) is 0 Å². The number of ether oxygens (including phenoxy) is 1. The Kier molecular flexibility index (Phi) is 4.92. The summed E-state index contributed by atoms with van der Waals surface area (Å²) in [5, 5.41) is 2.72. The van der Waals surface area contributed by atoms with Crippen molar-refractivity contribution in [3.63, 3.8) is 0 Å². The predicted molar refractivity (Wildman–Crippen MR) is 73.6 cm³/mol. The van der Waals surface area contributed by atoms with E-state index in [-0.39, 0.29) is 17.7 Å². The van der Waals surface area contributed by atoms with E-state index in [0.717, 1.165) is 25.9 Å². The van der Waals surface area contributed by atoms with E-state index in [9.17, 15) is 9.59 Å². The first-order valence-corrected chi connectivity index (χ1v) is 6.77. The lowest BCUT2D eigenvalue weighted by atomic mass is 10.2. The molecular formula is C14H19N3O3. The van der Waals surface area contributed by atoms with Gasteiger partial charge < -0.3 is 15.0 Å². The molecule has 6 heteroatoms. The number of pyridine rings is 1. The van der Waals surface area contributed by atoms with Gasteiger partial charge in [-0.05, 0) is 25.0 Å². The van der Waals surface area contributed by atoms with Gasteiger partial charge in [0.15, 0.2) is 0 Å². The number of carbonyl (C=O) groups excluding carboxylic acids is 2. The van der Waals surface area contributed by atoms with E-state index in [4.69, 9.17) is 4.74 Å². The number of hydrogen-bond donors (Lipinski definition) is 1. The smallest absolute Gasteiger partial charge is 0.256 e. The Morgan fingerprint density at radius 1 is 1.40 bits per heavy atom. The molecular weight excluding hydrogens is 258 g/mol. The lowest BCUT2D eigenvalue weighted by Crippen LogP contribution is -2.32. The van der Waals surface area contributed by atoms with Crippen molar-refractivity contribution in [2.45, 2.75) is 19.3 Å². The molecule has 2 amide bonds. The van der Waals surface area contributed by atoms with Gasteiger partial charge in [-0.3, -0.25) is 9.59 Å². The number of likely N-dealkylation sites (tertiary alicyclic amines) is 1. The van der Waals surface area contributed by atoms with E-state index in [1.54, 1.807) is 18.3 Å². The van der Waals surface area contributed by atoms with Crippen LogP contribution in [-0.4, -0.2) is 48.4 Å². The third-order valence-electron chi connectivity index (χ3n) is 3.29. The maximum absolute atomic E-state index is 12.0. The first-order chi connectivity index (χ1) is 9.72. The topological polar surface area (TPSA) is 71.5 Å². The largest absolute Gasteiger partial charge is 0.480 e. The molecule has 1 aliphatic heterocycles. The van der Waals surface area contributed by atoms with Crippen molar-refractivity contribution in [3.05, 3.63) is 23.9 Å². The Hall–Kier alpha value is -2.11. The lowest BCUT2D eigenvalue weighted by molar-refractivity contribution is -0.129. The minimum Gasteiger partial charge on any atom is -0.480 e. The second kappa shape index (κ2) is 6.88. The molecule has 0 spiro atoms. The summed E-state index contributed by atoms with van der Waals surface area (Å²) in [6, 6.07) is 3.32. The van der Waals surface area contributed by atoms with Crippen molar-refractivity contribution in [1.29, 1.82) is 0 Å². The van der Waals surface area contributed by atoms with Gasteiger partial charge in [-0.15, -0.1) is 0 Å². The van der Waals surface area contributed by atoms with Crippen LogP contribution in [0.4, 0.5) is 0 Å². The van der Waals surface area contributed by atoms with Crippen LogP contribution in [0.3, 0.4) is 0 Å². The summed E-state index contributed by atoms with van der Waals surface area (Å²) < 4.78 is 5.03. The summed E-state index contributed by atoms with van der Waals surface area (Å²) in [5.41, 5.74) is 0.378. The molecule has 6 nitrogen and oxygen atoms in total. The molecule has 0 aromatic carbocycles. The quantitative estimate of drug-likeness (QED) is 0.865. The van der Waals surface area contributed by atoms with Crippen LogP contribution < -0.4 is 10.1 Å². The molecule has 1 aromatic rings. The van der Waals surface area contributed by atoms with Gasteiger partial charge in [-0.2, -0.15) is 0 Å². The normalized spacial score (nSPS) is 14.2. The van der Waals surface area contributed by atoms with Crippen LogP contribution in [-0.2, 0) is 4.79 Å². The minimum absolute atomic E-state index is 0.0981. The highest BCUT2D eigenvalue weighted by Gasteiger charge is 2.18. The molecule has 108 valence electrons. The summed E-state index contributed by atoms with van der Waals surface area (Å²) in [5.74, 6) is 0.112. The average molecular weight is 277 g/mol. The van der Waals surface area contributed by atoms with Crippen molar-refractivity contribution >= 4 is 11.8 Å². The van der Waals surface area contributed by atoms with Crippen molar-refractivity contribution in [2.75, 3.05) is 26.7 Å². The van der Waals surface area contributed by atoms with Crippen molar-refractivity contribution in [1.82, 2.24) is 15.2 Å². The molecule has 0 aliphatic carbocycles. The maximum Gasteiger partial charge on any atom is 0.256 e. The van der Waals surface area contributed by atoms with E-state index >= 15 is 0 Å². The van der Waals surface area contributed by atoms with Crippen LogP contribution >= 0.6 is 0 Å². The number of nitrogens with zero attached hydrogens (tertiary/aromatic N) is 2. The van der Waals surface area contributed by atoms with Crippen molar-refractivity contribution < 1.29 is 14.3 Å². The van der Waals surface area contributed by atoms with Gasteiger partial charge in [0.2, 0.25) is 11.8 Å². The lowest BCUT2D eigenvalue weighted by Gasteiger charge is -2.15. The molecule has 20 heavy (non-hydrogen) atoms. The Bertz CT molecular complexity index is 484. The molecule has 0 bridgehead atoms. The zero-order chi connectivity index (χ0) is 14.4. The Balaban J connectivity index is 1.81. The highest BCUT2D eigenvalue weighted by atomic mass is 16.5. The number of hydrogen-bond acceptors (Lipinski definition) is 4. The summed E-state index contributed by atoms with van der Waals surface area (Å²) in [6.07, 6.45) is 4.04. The van der Waals surface area contributed by atoms with Crippen LogP contribution in [0.5, 0.6) is 5.88 Å². The minimum atomic E-state index is -0.274. The second-order valence-corrected chi connectivity index (χ2v) is 4.65. The number of rotatable bonds is 5. The number of amides is 2. The SMILES string of the molecule is COc1ncccc1C(=O)NCCC(=O)N1CCCC1. The standard InChI is InChI=1S/C14H19N3O3/c1-20-14-11(5-4-7-16-14)13(19)15-8-6-12(18)17-9-2-3-10-17/h4-5,7H,2-3,6,8-10H2,1H3,(H,15,19). The molecule has 0 atom stereocenters. The number of methoxy groups -OCH3 is 1. The molecule has 1 aliphatic rings. The van der Waals surface area contributed by atoms with Gasteiger partial charge in [0.25, 0.3) is 5.91 Å². The number of carbonyl (C=O) groups is 2. The first-order valence-electron chi connectivity index (χ1n) is 6.77. The third-order valence-corrected chi connectivity index (χ3v) is 3.29. The van der Waals surface area contributed by atoms with Crippen LogP contribution in [0.2, 0.25) is 0 Å². The highest BCUT2D eigenvalue weighted by molar-refractivity contribution is 5.96. The van der Waals surface area contributed by atoms with Crippen LogP contribution in [0.15, 0.2) is 18.3 Å². The van der Waals surface area contributed by atoms with Crippen LogP contribution in [0.1, 0.15) is 29.6 Å². The van der Waals surface area contributed by atoms with Gasteiger partial charge in [-0.25, -0.2) is 4.98 Å². The monoisotopic (exact) mass is 277 g/mol. The Labute approximate surface area is 118 Å². The summed E-state index contributed by atoms with van der Waals surface area (Å²) in [4.78, 5) is 29.6. The molecule has 1 N–H and O–H groups in total. The predicted octanol–water partition coefficient (Wildman–Crippen LogP) is 0.832. The molecule has 1 aromatic heterocycles. The third kappa shape index (κ3) is 3.46. The molecule has 0 radical (unpaired) electrons. The van der Waals surface area contributed by atoms with E-state index in [1.165, 1.54) is 7.11 Å². The molecule has 1 fully saturated rings. The molecule has 0 saturated carbocycles. The van der Waals surface area contributed by atoms with Crippen molar-refractivity contribution in [3.8, 4) is 5.88 Å². The molecule has 2 heterocycles. The van der Waals surface area contributed by atoms with E-state index in [2.05, 4.69) is 10.3 Å². The van der Waals surface area contributed by atoms with E-state index in [1.807, 2.05) is 4.90 Å². The molecule has 0 unspecified atom stereocenters. The molecule has 2 rings (SSSR count). The fourth-order valence-electron chi connectivity index (χ4n) is 2.23. The number of nitrogens with one attached hydrogen (secondary N) is 1. The second-order valence-electron chi connectivity index (χ2n) is 4.65. The fourth-order valence-corrected chi connectivity index (χ4v) is 2.23. The van der Waals surface area contributed by atoms with E-state index < -0.39 is 0 Å².